The Balaban J connectivity index is 1.98. The Morgan fingerprint density at radius 2 is 1.46 bits per heavy atom. The van der Waals surface area contributed by atoms with Crippen molar-refractivity contribution < 1.29 is 18.0 Å². The molecule has 1 N–H and O–H groups in total. The number of hydrogen-bond acceptors (Lipinski definition) is 4. The molecule has 1 atom stereocenters. The van der Waals surface area contributed by atoms with Gasteiger partial charge in [0.05, 0.1) is 10.6 Å². The summed E-state index contributed by atoms with van der Waals surface area (Å²) in [7, 11) is -4.08. The van der Waals surface area contributed by atoms with E-state index in [4.69, 9.17) is 0 Å². The summed E-state index contributed by atoms with van der Waals surface area (Å²) in [6, 6.07) is 20.2. The van der Waals surface area contributed by atoms with Crippen LogP contribution < -0.4 is 9.62 Å². The van der Waals surface area contributed by atoms with Crippen LogP contribution >= 0.6 is 15.9 Å². The number of rotatable bonds is 12. The van der Waals surface area contributed by atoms with Gasteiger partial charge in [-0.1, -0.05) is 76.8 Å². The fourth-order valence-corrected chi connectivity index (χ4v) is 5.66. The topological polar surface area (TPSA) is 86.8 Å². The van der Waals surface area contributed by atoms with E-state index in [0.717, 1.165) is 38.3 Å². The zero-order chi connectivity index (χ0) is 28.6. The maximum atomic E-state index is 13.9. The lowest BCUT2D eigenvalue weighted by molar-refractivity contribution is -0.139. The van der Waals surface area contributed by atoms with Crippen LogP contribution in [0.25, 0.3) is 0 Å². The lowest BCUT2D eigenvalue weighted by atomic mass is 10.1. The minimum absolute atomic E-state index is 0.0892. The Kier molecular flexibility index (Phi) is 10.7. The van der Waals surface area contributed by atoms with Crippen molar-refractivity contribution in [3.8, 4) is 0 Å². The molecule has 3 aromatic rings. The van der Waals surface area contributed by atoms with Crippen LogP contribution in [0.1, 0.15) is 43.4 Å². The molecule has 0 aliphatic heterocycles. The summed E-state index contributed by atoms with van der Waals surface area (Å²) in [5, 5.41) is 2.89. The summed E-state index contributed by atoms with van der Waals surface area (Å²) in [6.07, 6.45) is 1.76. The molecule has 0 saturated heterocycles. The van der Waals surface area contributed by atoms with Crippen LogP contribution in [0.5, 0.6) is 0 Å². The van der Waals surface area contributed by atoms with E-state index in [2.05, 4.69) is 21.2 Å². The molecule has 0 spiro atoms. The van der Waals surface area contributed by atoms with E-state index in [1.54, 1.807) is 55.5 Å². The number of unbranched alkanes of at least 4 members (excludes halogenated alkanes) is 1. The van der Waals surface area contributed by atoms with Crippen molar-refractivity contribution >= 4 is 43.5 Å². The van der Waals surface area contributed by atoms with Gasteiger partial charge in [-0.3, -0.25) is 13.9 Å². The number of carbonyl (C=O) groups is 2. The summed E-state index contributed by atoms with van der Waals surface area (Å²) >= 11 is 3.42. The van der Waals surface area contributed by atoms with Gasteiger partial charge in [-0.25, -0.2) is 8.42 Å². The first-order valence-corrected chi connectivity index (χ1v) is 15.2. The van der Waals surface area contributed by atoms with Crippen LogP contribution in [0.2, 0.25) is 0 Å². The first-order chi connectivity index (χ1) is 18.5. The van der Waals surface area contributed by atoms with Crippen molar-refractivity contribution in [2.45, 2.75) is 58.0 Å². The number of benzene rings is 3. The molecular formula is C30H36BrN3O4S. The third-order valence-electron chi connectivity index (χ3n) is 6.47. The SMILES string of the molecule is CCCCNC(=O)[C@@H](C)N(Cc1ccc(Br)cc1)C(=O)CN(c1ccc(C)cc1)S(=O)(=O)c1ccc(C)cc1. The molecule has 3 aromatic carbocycles. The van der Waals surface area contributed by atoms with Gasteiger partial charge in [0.1, 0.15) is 12.6 Å². The van der Waals surface area contributed by atoms with E-state index in [1.807, 2.05) is 45.0 Å². The van der Waals surface area contributed by atoms with Gasteiger partial charge < -0.3 is 10.2 Å². The zero-order valence-electron chi connectivity index (χ0n) is 22.9. The van der Waals surface area contributed by atoms with E-state index < -0.39 is 28.5 Å². The van der Waals surface area contributed by atoms with Crippen LogP contribution in [0.4, 0.5) is 5.69 Å². The number of halogens is 1. The molecule has 0 fully saturated rings. The molecular weight excluding hydrogens is 578 g/mol. The first-order valence-electron chi connectivity index (χ1n) is 13.0. The van der Waals surface area contributed by atoms with Crippen molar-refractivity contribution in [3.63, 3.8) is 0 Å². The first kappa shape index (κ1) is 30.4. The summed E-state index contributed by atoms with van der Waals surface area (Å²) in [5.41, 5.74) is 3.09. The van der Waals surface area contributed by atoms with Crippen molar-refractivity contribution in [1.82, 2.24) is 10.2 Å². The maximum absolute atomic E-state index is 13.9. The van der Waals surface area contributed by atoms with Crippen LogP contribution in [0, 0.1) is 13.8 Å². The Hall–Kier alpha value is -3.17. The second-order valence-corrected chi connectivity index (χ2v) is 12.4. The quantitative estimate of drug-likeness (QED) is 0.270. The number of nitrogens with zero attached hydrogens (tertiary/aromatic N) is 2. The third kappa shape index (κ3) is 8.16. The van der Waals surface area contributed by atoms with Gasteiger partial charge in [0, 0.05) is 17.6 Å². The van der Waals surface area contributed by atoms with Gasteiger partial charge in [0.15, 0.2) is 0 Å². The van der Waals surface area contributed by atoms with Crippen molar-refractivity contribution in [1.29, 1.82) is 0 Å². The minimum atomic E-state index is -4.08. The molecule has 39 heavy (non-hydrogen) atoms. The van der Waals surface area contributed by atoms with E-state index in [-0.39, 0.29) is 17.3 Å². The number of carbonyl (C=O) groups excluding carboxylic acids is 2. The number of sulfonamides is 1. The summed E-state index contributed by atoms with van der Waals surface area (Å²) in [6.45, 7) is 7.70. The fourth-order valence-electron chi connectivity index (χ4n) is 3.98. The molecule has 3 rings (SSSR count). The highest BCUT2D eigenvalue weighted by Gasteiger charge is 2.32. The summed E-state index contributed by atoms with van der Waals surface area (Å²) in [5.74, 6) is -0.760. The van der Waals surface area contributed by atoms with Gasteiger partial charge >= 0.3 is 0 Å². The highest BCUT2D eigenvalue weighted by molar-refractivity contribution is 9.10. The summed E-state index contributed by atoms with van der Waals surface area (Å²) < 4.78 is 29.7. The molecule has 9 heteroatoms. The van der Waals surface area contributed by atoms with E-state index in [0.29, 0.717) is 12.2 Å². The molecule has 0 heterocycles. The van der Waals surface area contributed by atoms with Crippen molar-refractivity contribution in [2.75, 3.05) is 17.4 Å². The number of amides is 2. The number of hydrogen-bond donors (Lipinski definition) is 1. The average Bonchev–Trinajstić information content (AvgIpc) is 2.91. The summed E-state index contributed by atoms with van der Waals surface area (Å²) in [4.78, 5) is 28.4. The predicted octanol–water partition coefficient (Wildman–Crippen LogP) is 5.59. The molecule has 208 valence electrons. The minimum Gasteiger partial charge on any atom is -0.354 e. The molecule has 0 unspecified atom stereocenters. The van der Waals surface area contributed by atoms with Gasteiger partial charge in [0.25, 0.3) is 10.0 Å². The molecule has 0 aliphatic rings. The van der Waals surface area contributed by atoms with Crippen LogP contribution in [-0.2, 0) is 26.2 Å². The highest BCUT2D eigenvalue weighted by atomic mass is 79.9. The maximum Gasteiger partial charge on any atom is 0.264 e. The Morgan fingerprint density at radius 1 is 0.897 bits per heavy atom. The second kappa shape index (κ2) is 13.8. The third-order valence-corrected chi connectivity index (χ3v) is 8.79. The predicted molar refractivity (Wildman–Crippen MR) is 159 cm³/mol. The molecule has 7 nitrogen and oxygen atoms in total. The Labute approximate surface area is 240 Å². The Bertz CT molecular complexity index is 1360. The van der Waals surface area contributed by atoms with Crippen molar-refractivity contribution in [2.24, 2.45) is 0 Å². The fraction of sp³-hybridized carbons (Fsp3) is 0.333. The normalized spacial score (nSPS) is 12.0. The zero-order valence-corrected chi connectivity index (χ0v) is 25.3. The molecule has 2 amide bonds. The van der Waals surface area contributed by atoms with E-state index in [9.17, 15) is 18.0 Å². The number of aryl methyl sites for hydroxylation is 2. The van der Waals surface area contributed by atoms with E-state index in [1.165, 1.54) is 4.90 Å². The van der Waals surface area contributed by atoms with Gasteiger partial charge in [-0.15, -0.1) is 0 Å². The van der Waals surface area contributed by atoms with Gasteiger partial charge in [0.2, 0.25) is 11.8 Å². The highest BCUT2D eigenvalue weighted by Crippen LogP contribution is 2.25. The smallest absolute Gasteiger partial charge is 0.264 e. The van der Waals surface area contributed by atoms with Crippen molar-refractivity contribution in [3.05, 3.63) is 94.0 Å². The molecule has 0 saturated carbocycles. The second-order valence-electron chi connectivity index (χ2n) is 9.63. The van der Waals surface area contributed by atoms with Crippen LogP contribution in [0.15, 0.2) is 82.2 Å². The van der Waals surface area contributed by atoms with Crippen LogP contribution in [0.3, 0.4) is 0 Å². The molecule has 0 aliphatic carbocycles. The number of anilines is 1. The Morgan fingerprint density at radius 3 is 2.03 bits per heavy atom. The monoisotopic (exact) mass is 613 g/mol. The molecule has 0 radical (unpaired) electrons. The van der Waals surface area contributed by atoms with E-state index >= 15 is 0 Å². The van der Waals surface area contributed by atoms with Gasteiger partial charge in [-0.2, -0.15) is 0 Å². The molecule has 0 bridgehead atoms. The average molecular weight is 615 g/mol. The standard InChI is InChI=1S/C30H36BrN3O4S/c1-5-6-19-32-30(36)24(4)33(20-25-11-13-26(31)14-12-25)29(35)21-34(27-15-7-22(2)8-16-27)39(37,38)28-17-9-23(3)10-18-28/h7-18,24H,5-6,19-21H2,1-4H3,(H,32,36)/t24-/m1/s1. The van der Waals surface area contributed by atoms with Crippen LogP contribution in [-0.4, -0.2) is 44.3 Å². The largest absolute Gasteiger partial charge is 0.354 e. The van der Waals surface area contributed by atoms with Gasteiger partial charge in [-0.05, 0) is 69.2 Å². The lowest BCUT2D eigenvalue weighted by Crippen LogP contribution is -2.51. The number of nitrogens with one attached hydrogen (secondary N) is 1. The molecule has 0 aromatic heterocycles. The lowest BCUT2D eigenvalue weighted by Gasteiger charge is -2.32.